The predicted molar refractivity (Wildman–Crippen MR) is 115 cm³/mol. The molecule has 2 aromatic heterocycles. The first-order chi connectivity index (χ1) is 16.5. The number of aromatic nitrogens is 4. The summed E-state index contributed by atoms with van der Waals surface area (Å²) in [6.07, 6.45) is -8.64. The number of β-amino-alcohol motifs (C(OH)–C–C–N with tert-alkyl or cyclic N) is 1. The van der Waals surface area contributed by atoms with Crippen molar-refractivity contribution in [3.05, 3.63) is 53.7 Å². The van der Waals surface area contributed by atoms with Crippen LogP contribution in [0.4, 0.5) is 55.7 Å². The van der Waals surface area contributed by atoms with Crippen molar-refractivity contribution in [3.63, 3.8) is 0 Å². The number of nitrogens with one attached hydrogen (secondary N) is 2. The minimum atomic E-state index is -4.66. The molecular formula is C21H19F6N7O. The van der Waals surface area contributed by atoms with E-state index in [1.807, 2.05) is 0 Å². The highest BCUT2D eigenvalue weighted by molar-refractivity contribution is 5.59. The monoisotopic (exact) mass is 499 g/mol. The van der Waals surface area contributed by atoms with Gasteiger partial charge in [0.05, 0.1) is 11.7 Å². The molecule has 0 spiro atoms. The van der Waals surface area contributed by atoms with Gasteiger partial charge in [0.1, 0.15) is 11.5 Å². The molecule has 8 nitrogen and oxygen atoms in total. The summed E-state index contributed by atoms with van der Waals surface area (Å²) >= 11 is 0. The molecule has 1 saturated heterocycles. The number of aliphatic hydroxyl groups excluding tert-OH is 1. The van der Waals surface area contributed by atoms with Crippen LogP contribution < -0.4 is 15.5 Å². The zero-order valence-electron chi connectivity index (χ0n) is 17.9. The standard InChI is InChI=1S/C21H19F6N7O/c22-20(23,24)12-4-1-5-13(10-12)28-17-31-18(30-16-8-2-7-15(29-16)21(25,26)27)33-19(32-17)34-9-3-6-14(35)11-34/h1-2,4-5,7-8,10,14,35H,3,6,9,11H2,(H2,28,29,30,31,32,33). The largest absolute Gasteiger partial charge is 0.433 e. The Balaban J connectivity index is 1.67. The third kappa shape index (κ3) is 6.26. The summed E-state index contributed by atoms with van der Waals surface area (Å²) in [5, 5.41) is 15.3. The van der Waals surface area contributed by atoms with E-state index in [-0.39, 0.29) is 35.9 Å². The first kappa shape index (κ1) is 24.4. The number of hydrogen-bond acceptors (Lipinski definition) is 8. The zero-order chi connectivity index (χ0) is 25.2. The molecule has 1 atom stereocenters. The lowest BCUT2D eigenvalue weighted by Crippen LogP contribution is -2.39. The van der Waals surface area contributed by atoms with E-state index in [1.54, 1.807) is 4.90 Å². The summed E-state index contributed by atoms with van der Waals surface area (Å²) in [6, 6.07) is 7.61. The molecule has 3 heterocycles. The number of anilines is 5. The first-order valence-corrected chi connectivity index (χ1v) is 10.4. The Labute approximate surface area is 195 Å². The number of nitrogens with zero attached hydrogens (tertiary/aromatic N) is 5. The van der Waals surface area contributed by atoms with E-state index in [0.29, 0.717) is 19.4 Å². The summed E-state index contributed by atoms with van der Waals surface area (Å²) in [7, 11) is 0. The van der Waals surface area contributed by atoms with Gasteiger partial charge in [0.15, 0.2) is 0 Å². The van der Waals surface area contributed by atoms with Crippen LogP contribution in [0.25, 0.3) is 0 Å². The molecule has 0 bridgehead atoms. The van der Waals surface area contributed by atoms with Gasteiger partial charge in [0.2, 0.25) is 17.8 Å². The van der Waals surface area contributed by atoms with Gasteiger partial charge in [0.25, 0.3) is 0 Å². The molecular weight excluding hydrogens is 480 g/mol. The van der Waals surface area contributed by atoms with Crippen molar-refractivity contribution < 1.29 is 31.4 Å². The lowest BCUT2D eigenvalue weighted by atomic mass is 10.1. The summed E-state index contributed by atoms with van der Waals surface area (Å²) in [6.45, 7) is 0.694. The summed E-state index contributed by atoms with van der Waals surface area (Å²) < 4.78 is 78.3. The van der Waals surface area contributed by atoms with Crippen molar-refractivity contribution in [2.75, 3.05) is 28.6 Å². The Bertz CT molecular complexity index is 1110. The first-order valence-electron chi connectivity index (χ1n) is 10.4. The van der Waals surface area contributed by atoms with Gasteiger partial charge in [-0.2, -0.15) is 41.3 Å². The van der Waals surface area contributed by atoms with Gasteiger partial charge < -0.3 is 20.6 Å². The number of pyridine rings is 1. The van der Waals surface area contributed by atoms with E-state index >= 15 is 0 Å². The Morgan fingerprint density at radius 1 is 0.857 bits per heavy atom. The molecule has 35 heavy (non-hydrogen) atoms. The maximum absolute atomic E-state index is 13.1. The SMILES string of the molecule is OC1CCCN(c2nc(Nc3cccc(C(F)(F)F)c3)nc(Nc3cccc(C(F)(F)F)n3)n2)C1. The van der Waals surface area contributed by atoms with E-state index in [4.69, 9.17) is 0 Å². The molecule has 3 N–H and O–H groups in total. The molecule has 1 aliphatic rings. The smallest absolute Gasteiger partial charge is 0.391 e. The van der Waals surface area contributed by atoms with Crippen molar-refractivity contribution in [1.82, 2.24) is 19.9 Å². The second-order valence-electron chi connectivity index (χ2n) is 7.76. The molecule has 186 valence electrons. The Morgan fingerprint density at radius 2 is 1.57 bits per heavy atom. The number of halogens is 6. The third-order valence-electron chi connectivity index (χ3n) is 5.03. The van der Waals surface area contributed by atoms with Crippen molar-refractivity contribution in [2.45, 2.75) is 31.3 Å². The van der Waals surface area contributed by atoms with Crippen LogP contribution in [-0.4, -0.2) is 44.2 Å². The van der Waals surface area contributed by atoms with Crippen LogP contribution in [0.3, 0.4) is 0 Å². The highest BCUT2D eigenvalue weighted by atomic mass is 19.4. The normalized spacial score (nSPS) is 16.8. The molecule has 0 saturated carbocycles. The quantitative estimate of drug-likeness (QED) is 0.433. The molecule has 1 aliphatic heterocycles. The zero-order valence-corrected chi connectivity index (χ0v) is 17.9. The van der Waals surface area contributed by atoms with E-state index < -0.39 is 29.7 Å². The number of rotatable bonds is 5. The average Bonchev–Trinajstić information content (AvgIpc) is 2.78. The number of aliphatic hydroxyl groups is 1. The number of benzene rings is 1. The van der Waals surface area contributed by atoms with Gasteiger partial charge >= 0.3 is 12.4 Å². The maximum Gasteiger partial charge on any atom is 0.433 e. The summed E-state index contributed by atoms with van der Waals surface area (Å²) in [5.74, 6) is -0.441. The van der Waals surface area contributed by atoms with E-state index in [1.165, 1.54) is 18.2 Å². The van der Waals surface area contributed by atoms with Crippen molar-refractivity contribution in [1.29, 1.82) is 0 Å². The fraction of sp³-hybridized carbons (Fsp3) is 0.333. The van der Waals surface area contributed by atoms with Gasteiger partial charge in [-0.3, -0.25) is 0 Å². The lowest BCUT2D eigenvalue weighted by molar-refractivity contribution is -0.141. The van der Waals surface area contributed by atoms with E-state index in [0.717, 1.165) is 24.3 Å². The second kappa shape index (κ2) is 9.52. The molecule has 1 fully saturated rings. The maximum atomic E-state index is 13.1. The molecule has 1 aromatic carbocycles. The van der Waals surface area contributed by atoms with Crippen LogP contribution in [0.15, 0.2) is 42.5 Å². The summed E-state index contributed by atoms with van der Waals surface area (Å²) in [5.41, 5.74) is -1.97. The van der Waals surface area contributed by atoms with Crippen LogP contribution in [0.5, 0.6) is 0 Å². The van der Waals surface area contributed by atoms with Gasteiger partial charge in [0, 0.05) is 18.8 Å². The molecule has 3 aromatic rings. The fourth-order valence-electron chi connectivity index (χ4n) is 3.43. The van der Waals surface area contributed by atoms with Gasteiger partial charge in [-0.1, -0.05) is 12.1 Å². The number of hydrogen-bond donors (Lipinski definition) is 3. The van der Waals surface area contributed by atoms with Gasteiger partial charge in [-0.15, -0.1) is 0 Å². The van der Waals surface area contributed by atoms with Gasteiger partial charge in [-0.05, 0) is 43.2 Å². The van der Waals surface area contributed by atoms with Crippen LogP contribution in [-0.2, 0) is 12.4 Å². The minimum absolute atomic E-state index is 0.0406. The van der Waals surface area contributed by atoms with Crippen molar-refractivity contribution in [2.24, 2.45) is 0 Å². The van der Waals surface area contributed by atoms with Crippen LogP contribution in [0, 0.1) is 0 Å². The topological polar surface area (TPSA) is 99.1 Å². The fourth-order valence-corrected chi connectivity index (χ4v) is 3.43. The lowest BCUT2D eigenvalue weighted by Gasteiger charge is -2.30. The number of piperidine rings is 1. The minimum Gasteiger partial charge on any atom is -0.391 e. The number of alkyl halides is 6. The van der Waals surface area contributed by atoms with E-state index in [2.05, 4.69) is 30.6 Å². The highest BCUT2D eigenvalue weighted by Gasteiger charge is 2.33. The molecule has 1 unspecified atom stereocenters. The molecule has 0 amide bonds. The van der Waals surface area contributed by atoms with Gasteiger partial charge in [-0.25, -0.2) is 4.98 Å². The van der Waals surface area contributed by atoms with E-state index in [9.17, 15) is 31.4 Å². The molecule has 0 aliphatic carbocycles. The second-order valence-corrected chi connectivity index (χ2v) is 7.76. The predicted octanol–water partition coefficient (Wildman–Crippen LogP) is 4.75. The Hall–Kier alpha value is -3.68. The van der Waals surface area contributed by atoms with Crippen LogP contribution in [0.2, 0.25) is 0 Å². The van der Waals surface area contributed by atoms with Crippen LogP contribution >= 0.6 is 0 Å². The summed E-state index contributed by atoms with van der Waals surface area (Å²) in [4.78, 5) is 17.7. The third-order valence-corrected chi connectivity index (χ3v) is 5.03. The highest BCUT2D eigenvalue weighted by Crippen LogP contribution is 2.32. The Morgan fingerprint density at radius 3 is 2.26 bits per heavy atom. The Kier molecular flexibility index (Phi) is 6.65. The average molecular weight is 499 g/mol. The molecule has 0 radical (unpaired) electrons. The van der Waals surface area contributed by atoms with Crippen molar-refractivity contribution in [3.8, 4) is 0 Å². The molecule has 4 rings (SSSR count). The van der Waals surface area contributed by atoms with Crippen molar-refractivity contribution >= 4 is 29.4 Å². The van der Waals surface area contributed by atoms with Crippen LogP contribution in [0.1, 0.15) is 24.1 Å². The molecule has 14 heteroatoms.